The van der Waals surface area contributed by atoms with Crippen molar-refractivity contribution in [3.63, 3.8) is 0 Å². The molecule has 0 fully saturated rings. The van der Waals surface area contributed by atoms with Gasteiger partial charge in [0, 0.05) is 11.3 Å². The number of aromatic nitrogens is 2. The smallest absolute Gasteiger partial charge is 0.139 e. The fourth-order valence-corrected chi connectivity index (χ4v) is 1.82. The van der Waals surface area contributed by atoms with Crippen molar-refractivity contribution in [1.82, 2.24) is 9.97 Å². The van der Waals surface area contributed by atoms with Crippen molar-refractivity contribution >= 4 is 12.2 Å². The van der Waals surface area contributed by atoms with Gasteiger partial charge in [0.25, 0.3) is 0 Å². The molecule has 0 amide bonds. The average molecular weight is 246 g/mol. The molecule has 17 heavy (non-hydrogen) atoms. The van der Waals surface area contributed by atoms with Crippen LogP contribution in [0.25, 0.3) is 11.4 Å². The molecule has 2 aromatic rings. The first kappa shape index (κ1) is 11.8. The van der Waals surface area contributed by atoms with Crippen molar-refractivity contribution < 1.29 is 4.74 Å². The SMILES string of the molecule is CCc1cc(=S)nc(-c2ccc(OC)cc2)[nH]1. The minimum atomic E-state index is 0.617. The highest BCUT2D eigenvalue weighted by Gasteiger charge is 2.02. The van der Waals surface area contributed by atoms with Gasteiger partial charge in [0.05, 0.1) is 7.11 Å². The Kier molecular flexibility index (Phi) is 3.54. The number of nitrogens with one attached hydrogen (secondary N) is 1. The van der Waals surface area contributed by atoms with Gasteiger partial charge in [-0.25, -0.2) is 4.98 Å². The summed E-state index contributed by atoms with van der Waals surface area (Å²) in [5, 5.41) is 0. The molecule has 0 radical (unpaired) electrons. The maximum Gasteiger partial charge on any atom is 0.139 e. The monoisotopic (exact) mass is 246 g/mol. The van der Waals surface area contributed by atoms with Gasteiger partial charge in [-0.05, 0) is 36.8 Å². The Morgan fingerprint density at radius 1 is 1.29 bits per heavy atom. The zero-order valence-electron chi connectivity index (χ0n) is 9.86. The minimum Gasteiger partial charge on any atom is -0.497 e. The highest BCUT2D eigenvalue weighted by molar-refractivity contribution is 7.71. The van der Waals surface area contributed by atoms with Crippen LogP contribution in [0.4, 0.5) is 0 Å². The Hall–Kier alpha value is -1.68. The van der Waals surface area contributed by atoms with Crippen LogP contribution < -0.4 is 4.74 Å². The third-order valence-corrected chi connectivity index (χ3v) is 2.75. The maximum atomic E-state index is 5.15. The molecule has 0 atom stereocenters. The van der Waals surface area contributed by atoms with E-state index in [0.717, 1.165) is 29.3 Å². The standard InChI is InChI=1S/C13H14N2OS/c1-3-10-8-12(17)15-13(14-10)9-4-6-11(16-2)7-5-9/h4-8H,3H2,1-2H3,(H,14,15,17). The zero-order valence-corrected chi connectivity index (χ0v) is 10.7. The predicted octanol–water partition coefficient (Wildman–Crippen LogP) is 3.38. The molecular formula is C13H14N2OS. The van der Waals surface area contributed by atoms with Crippen molar-refractivity contribution in [3.05, 3.63) is 40.7 Å². The number of rotatable bonds is 3. The molecule has 1 heterocycles. The van der Waals surface area contributed by atoms with Crippen molar-refractivity contribution in [2.75, 3.05) is 7.11 Å². The van der Waals surface area contributed by atoms with Gasteiger partial charge < -0.3 is 9.72 Å². The average Bonchev–Trinajstić information content (AvgIpc) is 2.38. The van der Waals surface area contributed by atoms with E-state index in [1.807, 2.05) is 30.3 Å². The summed E-state index contributed by atoms with van der Waals surface area (Å²) in [7, 11) is 1.65. The highest BCUT2D eigenvalue weighted by atomic mass is 32.1. The van der Waals surface area contributed by atoms with Gasteiger partial charge in [0.1, 0.15) is 16.2 Å². The molecule has 1 aromatic heterocycles. The summed E-state index contributed by atoms with van der Waals surface area (Å²) in [4.78, 5) is 7.60. The number of aromatic amines is 1. The summed E-state index contributed by atoms with van der Waals surface area (Å²) in [6, 6.07) is 9.64. The largest absolute Gasteiger partial charge is 0.497 e. The molecule has 2 rings (SSSR count). The Labute approximate surface area is 105 Å². The summed E-state index contributed by atoms with van der Waals surface area (Å²) >= 11 is 5.15. The first-order valence-electron chi connectivity index (χ1n) is 5.47. The minimum absolute atomic E-state index is 0.617. The lowest BCUT2D eigenvalue weighted by atomic mass is 10.2. The number of aryl methyl sites for hydroxylation is 1. The van der Waals surface area contributed by atoms with Gasteiger partial charge in [0.15, 0.2) is 0 Å². The van der Waals surface area contributed by atoms with Crippen LogP contribution in [-0.4, -0.2) is 17.1 Å². The van der Waals surface area contributed by atoms with Gasteiger partial charge in [-0.1, -0.05) is 19.1 Å². The molecule has 0 spiro atoms. The molecular weight excluding hydrogens is 232 g/mol. The Morgan fingerprint density at radius 2 is 2.00 bits per heavy atom. The van der Waals surface area contributed by atoms with Crippen LogP contribution in [0.15, 0.2) is 30.3 Å². The number of benzene rings is 1. The number of H-pyrrole nitrogens is 1. The zero-order chi connectivity index (χ0) is 12.3. The second-order valence-electron chi connectivity index (χ2n) is 3.68. The number of ether oxygens (including phenoxy) is 1. The molecule has 3 nitrogen and oxygen atoms in total. The molecule has 0 bridgehead atoms. The lowest BCUT2D eigenvalue weighted by Crippen LogP contribution is -1.94. The predicted molar refractivity (Wildman–Crippen MR) is 70.8 cm³/mol. The Bertz CT molecular complexity index is 560. The van der Waals surface area contributed by atoms with E-state index in [0.29, 0.717) is 4.64 Å². The molecule has 88 valence electrons. The van der Waals surface area contributed by atoms with Crippen LogP contribution in [0.1, 0.15) is 12.6 Å². The quantitative estimate of drug-likeness (QED) is 0.844. The van der Waals surface area contributed by atoms with Crippen LogP contribution in [-0.2, 0) is 6.42 Å². The van der Waals surface area contributed by atoms with Crippen LogP contribution in [0.2, 0.25) is 0 Å². The maximum absolute atomic E-state index is 5.15. The normalized spacial score (nSPS) is 10.2. The Balaban J connectivity index is 2.44. The van der Waals surface area contributed by atoms with E-state index in [2.05, 4.69) is 16.9 Å². The molecule has 0 aliphatic carbocycles. The molecule has 0 saturated carbocycles. The van der Waals surface area contributed by atoms with Crippen molar-refractivity contribution in [3.8, 4) is 17.1 Å². The molecule has 0 saturated heterocycles. The fraction of sp³-hybridized carbons (Fsp3) is 0.231. The van der Waals surface area contributed by atoms with E-state index in [1.165, 1.54) is 0 Å². The fourth-order valence-electron chi connectivity index (χ4n) is 1.58. The molecule has 0 aliphatic heterocycles. The van der Waals surface area contributed by atoms with Gasteiger partial charge in [0.2, 0.25) is 0 Å². The van der Waals surface area contributed by atoms with Crippen molar-refractivity contribution in [2.45, 2.75) is 13.3 Å². The van der Waals surface area contributed by atoms with Gasteiger partial charge in [-0.15, -0.1) is 0 Å². The Morgan fingerprint density at radius 3 is 2.59 bits per heavy atom. The summed E-state index contributed by atoms with van der Waals surface area (Å²) in [5.74, 6) is 1.64. The molecule has 4 heteroatoms. The molecule has 1 N–H and O–H groups in total. The topological polar surface area (TPSA) is 37.9 Å². The van der Waals surface area contributed by atoms with E-state index < -0.39 is 0 Å². The molecule has 1 aromatic carbocycles. The van der Waals surface area contributed by atoms with E-state index in [9.17, 15) is 0 Å². The van der Waals surface area contributed by atoms with Crippen LogP contribution in [0.5, 0.6) is 5.75 Å². The third-order valence-electron chi connectivity index (χ3n) is 2.54. The van der Waals surface area contributed by atoms with E-state index in [1.54, 1.807) is 7.11 Å². The number of methoxy groups -OCH3 is 1. The van der Waals surface area contributed by atoms with Crippen LogP contribution >= 0.6 is 12.2 Å². The number of hydrogen-bond donors (Lipinski definition) is 1. The summed E-state index contributed by atoms with van der Waals surface area (Å²) in [6.45, 7) is 2.08. The first-order chi connectivity index (χ1) is 8.22. The van der Waals surface area contributed by atoms with Crippen LogP contribution in [0, 0.1) is 4.64 Å². The summed E-state index contributed by atoms with van der Waals surface area (Å²) < 4.78 is 5.74. The van der Waals surface area contributed by atoms with Crippen LogP contribution in [0.3, 0.4) is 0 Å². The molecule has 0 aliphatic rings. The third kappa shape index (κ3) is 2.71. The summed E-state index contributed by atoms with van der Waals surface area (Å²) in [6.07, 6.45) is 0.912. The summed E-state index contributed by atoms with van der Waals surface area (Å²) in [5.41, 5.74) is 2.10. The van der Waals surface area contributed by atoms with E-state index >= 15 is 0 Å². The van der Waals surface area contributed by atoms with Gasteiger partial charge in [-0.3, -0.25) is 0 Å². The highest BCUT2D eigenvalue weighted by Crippen LogP contribution is 2.19. The number of nitrogens with zero attached hydrogens (tertiary/aromatic N) is 1. The van der Waals surface area contributed by atoms with Crippen molar-refractivity contribution in [2.24, 2.45) is 0 Å². The second-order valence-corrected chi connectivity index (χ2v) is 4.09. The lowest BCUT2D eigenvalue weighted by Gasteiger charge is -2.05. The molecule has 0 unspecified atom stereocenters. The van der Waals surface area contributed by atoms with E-state index in [-0.39, 0.29) is 0 Å². The number of hydrogen-bond acceptors (Lipinski definition) is 3. The van der Waals surface area contributed by atoms with Gasteiger partial charge in [-0.2, -0.15) is 0 Å². The van der Waals surface area contributed by atoms with E-state index in [4.69, 9.17) is 17.0 Å². The van der Waals surface area contributed by atoms with Crippen molar-refractivity contribution in [1.29, 1.82) is 0 Å². The first-order valence-corrected chi connectivity index (χ1v) is 5.88. The second kappa shape index (κ2) is 5.10. The lowest BCUT2D eigenvalue weighted by molar-refractivity contribution is 0.415. The van der Waals surface area contributed by atoms with Gasteiger partial charge >= 0.3 is 0 Å².